The molecule has 96 valence electrons. The number of halogens is 1. The van der Waals surface area contributed by atoms with E-state index in [4.69, 9.17) is 10.5 Å². The zero-order chi connectivity index (χ0) is 10.9. The molecule has 0 aromatic rings. The number of carbonyl (C=O) groups excluding carboxylic acids is 1. The molecular weight excluding hydrogens is 228 g/mol. The Morgan fingerprint density at radius 1 is 1.31 bits per heavy atom. The minimum atomic E-state index is 0. The fraction of sp³-hybridized carbons (Fsp3) is 0.909. The normalized spacial score (nSPS) is 16.6. The summed E-state index contributed by atoms with van der Waals surface area (Å²) < 4.78 is 5.67. The zero-order valence-electron chi connectivity index (χ0n) is 9.74. The second kappa shape index (κ2) is 9.87. The smallest absolute Gasteiger partial charge is 0.221 e. The van der Waals surface area contributed by atoms with Gasteiger partial charge in [0.15, 0.2) is 0 Å². The van der Waals surface area contributed by atoms with Crippen LogP contribution in [0.1, 0.15) is 38.5 Å². The molecule has 0 atom stereocenters. The Labute approximate surface area is 104 Å². The van der Waals surface area contributed by atoms with Crippen molar-refractivity contribution in [1.82, 2.24) is 5.32 Å². The summed E-state index contributed by atoms with van der Waals surface area (Å²) in [5.41, 5.74) is 5.26. The highest BCUT2D eigenvalue weighted by Gasteiger charge is 2.13. The molecule has 0 radical (unpaired) electrons. The molecule has 3 N–H and O–H groups in total. The number of nitrogens with two attached hydrogens (primary N) is 1. The quantitative estimate of drug-likeness (QED) is 0.697. The molecule has 1 saturated carbocycles. The van der Waals surface area contributed by atoms with E-state index in [0.717, 1.165) is 0 Å². The van der Waals surface area contributed by atoms with Crippen LogP contribution in [0.15, 0.2) is 0 Å². The number of hydrogen-bond acceptors (Lipinski definition) is 3. The lowest BCUT2D eigenvalue weighted by molar-refractivity contribution is -0.121. The highest BCUT2D eigenvalue weighted by molar-refractivity contribution is 5.85. The van der Waals surface area contributed by atoms with Crippen molar-refractivity contribution in [3.63, 3.8) is 0 Å². The van der Waals surface area contributed by atoms with Crippen LogP contribution in [0.3, 0.4) is 0 Å². The number of nitrogens with one attached hydrogen (secondary N) is 1. The Hall–Kier alpha value is -0.320. The van der Waals surface area contributed by atoms with Crippen LogP contribution in [0.25, 0.3) is 0 Å². The van der Waals surface area contributed by atoms with E-state index < -0.39 is 0 Å². The first-order chi connectivity index (χ1) is 7.33. The van der Waals surface area contributed by atoms with E-state index >= 15 is 0 Å². The predicted octanol–water partition coefficient (Wildman–Crippen LogP) is 1.22. The summed E-state index contributed by atoms with van der Waals surface area (Å²) in [5.74, 6) is 0.0183. The summed E-state index contributed by atoms with van der Waals surface area (Å²) in [6, 6.07) is 0. The molecule has 0 aromatic heterocycles. The molecule has 0 aliphatic heterocycles. The Balaban J connectivity index is 0.00000225. The van der Waals surface area contributed by atoms with Crippen molar-refractivity contribution in [2.24, 2.45) is 5.73 Å². The van der Waals surface area contributed by atoms with Crippen molar-refractivity contribution in [3.05, 3.63) is 0 Å². The van der Waals surface area contributed by atoms with E-state index in [-0.39, 0.29) is 18.3 Å². The van der Waals surface area contributed by atoms with Gasteiger partial charge in [-0.25, -0.2) is 0 Å². The number of carbonyl (C=O) groups is 1. The minimum absolute atomic E-state index is 0. The van der Waals surface area contributed by atoms with E-state index in [1.54, 1.807) is 0 Å². The molecular formula is C11H23ClN2O2. The van der Waals surface area contributed by atoms with Gasteiger partial charge < -0.3 is 15.8 Å². The summed E-state index contributed by atoms with van der Waals surface area (Å²) in [4.78, 5) is 11.0. The van der Waals surface area contributed by atoms with Gasteiger partial charge in [0, 0.05) is 19.5 Å². The largest absolute Gasteiger partial charge is 0.376 e. The molecule has 4 nitrogen and oxygen atoms in total. The Bertz CT molecular complexity index is 185. The van der Waals surface area contributed by atoms with Gasteiger partial charge in [-0.15, -0.1) is 12.4 Å². The van der Waals surface area contributed by atoms with Gasteiger partial charge in [0.2, 0.25) is 5.91 Å². The molecule has 5 heteroatoms. The third-order valence-corrected chi connectivity index (χ3v) is 2.70. The summed E-state index contributed by atoms with van der Waals surface area (Å²) in [7, 11) is 0. The topological polar surface area (TPSA) is 64.4 Å². The van der Waals surface area contributed by atoms with Gasteiger partial charge in [-0.1, -0.05) is 19.3 Å². The summed E-state index contributed by atoms with van der Waals surface area (Å²) in [6.07, 6.45) is 7.09. The van der Waals surface area contributed by atoms with Crippen molar-refractivity contribution in [2.75, 3.05) is 19.7 Å². The molecule has 0 aromatic carbocycles. The minimum Gasteiger partial charge on any atom is -0.376 e. The van der Waals surface area contributed by atoms with Gasteiger partial charge in [-0.3, -0.25) is 4.79 Å². The van der Waals surface area contributed by atoms with Crippen molar-refractivity contribution in [3.8, 4) is 0 Å². The van der Waals surface area contributed by atoms with Crippen molar-refractivity contribution < 1.29 is 9.53 Å². The van der Waals surface area contributed by atoms with Crippen LogP contribution in [0.4, 0.5) is 0 Å². The van der Waals surface area contributed by atoms with Crippen LogP contribution >= 0.6 is 12.4 Å². The van der Waals surface area contributed by atoms with Crippen molar-refractivity contribution in [1.29, 1.82) is 0 Å². The zero-order valence-corrected chi connectivity index (χ0v) is 10.6. The summed E-state index contributed by atoms with van der Waals surface area (Å²) in [6.45, 7) is 1.64. The SMILES string of the molecule is Cl.NCCC(=O)NCCOC1CCCCC1. The summed E-state index contributed by atoms with van der Waals surface area (Å²) >= 11 is 0. The highest BCUT2D eigenvalue weighted by Crippen LogP contribution is 2.19. The maximum absolute atomic E-state index is 11.0. The van der Waals surface area contributed by atoms with E-state index in [1.165, 1.54) is 32.1 Å². The molecule has 1 aliphatic rings. The third-order valence-electron chi connectivity index (χ3n) is 2.70. The predicted molar refractivity (Wildman–Crippen MR) is 66.8 cm³/mol. The first kappa shape index (κ1) is 15.7. The number of rotatable bonds is 6. The van der Waals surface area contributed by atoms with E-state index in [9.17, 15) is 4.79 Å². The maximum atomic E-state index is 11.0. The lowest BCUT2D eigenvalue weighted by atomic mass is 9.98. The highest BCUT2D eigenvalue weighted by atomic mass is 35.5. The van der Waals surface area contributed by atoms with Gasteiger partial charge in [0.05, 0.1) is 12.7 Å². The van der Waals surface area contributed by atoms with Crippen LogP contribution in [0.5, 0.6) is 0 Å². The molecule has 1 amide bonds. The first-order valence-electron chi connectivity index (χ1n) is 5.91. The fourth-order valence-corrected chi connectivity index (χ4v) is 1.87. The van der Waals surface area contributed by atoms with Crippen LogP contribution in [-0.4, -0.2) is 31.7 Å². The Morgan fingerprint density at radius 3 is 2.62 bits per heavy atom. The van der Waals surface area contributed by atoms with E-state index in [2.05, 4.69) is 5.32 Å². The van der Waals surface area contributed by atoms with Crippen LogP contribution < -0.4 is 11.1 Å². The average Bonchev–Trinajstić information content (AvgIpc) is 2.26. The molecule has 0 saturated heterocycles. The van der Waals surface area contributed by atoms with Crippen LogP contribution in [0, 0.1) is 0 Å². The maximum Gasteiger partial charge on any atom is 0.221 e. The van der Waals surface area contributed by atoms with Crippen molar-refractivity contribution in [2.45, 2.75) is 44.6 Å². The van der Waals surface area contributed by atoms with Crippen LogP contribution in [-0.2, 0) is 9.53 Å². The number of ether oxygens (including phenoxy) is 1. The van der Waals surface area contributed by atoms with E-state index in [0.29, 0.717) is 32.2 Å². The molecule has 0 spiro atoms. The van der Waals surface area contributed by atoms with Gasteiger partial charge in [-0.05, 0) is 12.8 Å². The second-order valence-corrected chi connectivity index (χ2v) is 4.02. The lowest BCUT2D eigenvalue weighted by Gasteiger charge is -2.21. The standard InChI is InChI=1S/C11H22N2O2.ClH/c12-7-6-11(14)13-8-9-15-10-4-2-1-3-5-10;/h10H,1-9,12H2,(H,13,14);1H. The van der Waals surface area contributed by atoms with Crippen molar-refractivity contribution >= 4 is 18.3 Å². The Morgan fingerprint density at radius 2 is 2.00 bits per heavy atom. The molecule has 1 rings (SSSR count). The monoisotopic (exact) mass is 250 g/mol. The van der Waals surface area contributed by atoms with Gasteiger partial charge >= 0.3 is 0 Å². The average molecular weight is 251 g/mol. The molecule has 1 aliphatic carbocycles. The molecule has 0 heterocycles. The molecule has 1 fully saturated rings. The van der Waals surface area contributed by atoms with Gasteiger partial charge in [0.25, 0.3) is 0 Å². The Kier molecular flexibility index (Phi) is 9.68. The molecule has 0 unspecified atom stereocenters. The second-order valence-electron chi connectivity index (χ2n) is 4.02. The van der Waals surface area contributed by atoms with E-state index in [1.807, 2.05) is 0 Å². The van der Waals surface area contributed by atoms with Crippen LogP contribution in [0.2, 0.25) is 0 Å². The third kappa shape index (κ3) is 7.04. The fourth-order valence-electron chi connectivity index (χ4n) is 1.87. The first-order valence-corrected chi connectivity index (χ1v) is 5.91. The summed E-state index contributed by atoms with van der Waals surface area (Å²) in [5, 5.41) is 2.78. The number of hydrogen-bond donors (Lipinski definition) is 2. The molecule has 0 bridgehead atoms. The number of amides is 1. The molecule has 16 heavy (non-hydrogen) atoms. The van der Waals surface area contributed by atoms with Gasteiger partial charge in [-0.2, -0.15) is 0 Å². The van der Waals surface area contributed by atoms with Gasteiger partial charge in [0.1, 0.15) is 0 Å². The lowest BCUT2D eigenvalue weighted by Crippen LogP contribution is -2.30.